The molecule has 1 heterocycles. The predicted molar refractivity (Wildman–Crippen MR) is 93.3 cm³/mol. The number of hydrogen-bond acceptors (Lipinski definition) is 4. The van der Waals surface area contributed by atoms with Gasteiger partial charge in [-0.2, -0.15) is 5.26 Å². The molecule has 24 heavy (non-hydrogen) atoms. The smallest absolute Gasteiger partial charge is 0.407 e. The van der Waals surface area contributed by atoms with Crippen molar-refractivity contribution in [3.05, 3.63) is 41.3 Å². The van der Waals surface area contributed by atoms with Crippen LogP contribution in [0.1, 0.15) is 44.7 Å². The van der Waals surface area contributed by atoms with Gasteiger partial charge in [-0.1, -0.05) is 12.1 Å². The number of rotatable bonds is 4. The van der Waals surface area contributed by atoms with Gasteiger partial charge in [0.05, 0.1) is 11.6 Å². The lowest BCUT2D eigenvalue weighted by Gasteiger charge is -2.31. The molecule has 0 saturated carbocycles. The van der Waals surface area contributed by atoms with Crippen LogP contribution in [0.4, 0.5) is 4.79 Å². The van der Waals surface area contributed by atoms with Crippen molar-refractivity contribution in [1.82, 2.24) is 10.6 Å². The molecular weight excluding hydrogens is 302 g/mol. The molecule has 1 amide bonds. The van der Waals surface area contributed by atoms with Gasteiger partial charge >= 0.3 is 6.09 Å². The van der Waals surface area contributed by atoms with Gasteiger partial charge in [-0.25, -0.2) is 4.79 Å². The highest BCUT2D eigenvalue weighted by Crippen LogP contribution is 2.30. The molecule has 2 rings (SSSR count). The first-order valence-electron chi connectivity index (χ1n) is 8.43. The fourth-order valence-electron chi connectivity index (χ4n) is 2.92. The lowest BCUT2D eigenvalue weighted by molar-refractivity contribution is 0.0528. The largest absolute Gasteiger partial charge is 0.444 e. The average molecular weight is 328 g/mol. The molecule has 1 aromatic rings. The van der Waals surface area contributed by atoms with Crippen LogP contribution in [-0.4, -0.2) is 31.3 Å². The molecule has 0 spiro atoms. The van der Waals surface area contributed by atoms with Crippen molar-refractivity contribution in [3.8, 4) is 6.07 Å². The average Bonchev–Trinajstić information content (AvgIpc) is 2.54. The number of nitrogens with zero attached hydrogens (tertiary/aromatic N) is 1. The van der Waals surface area contributed by atoms with Crippen LogP contribution in [-0.2, 0) is 4.74 Å². The molecule has 0 unspecified atom stereocenters. The quantitative estimate of drug-likeness (QED) is 0.891. The number of nitriles is 1. The molecule has 5 heteroatoms. The third kappa shape index (κ3) is 5.54. The Kier molecular flexibility index (Phi) is 6.22. The SMILES string of the molecule is CC(C)(C)OC(=O)NC[C](c1cccc(C#N)c1)C1CCNCC1. The fourth-order valence-corrected chi connectivity index (χ4v) is 2.92. The Bertz CT molecular complexity index is 595. The van der Waals surface area contributed by atoms with Gasteiger partial charge in [0.1, 0.15) is 5.60 Å². The lowest BCUT2D eigenvalue weighted by atomic mass is 9.80. The number of benzene rings is 1. The van der Waals surface area contributed by atoms with E-state index in [-0.39, 0.29) is 0 Å². The second-order valence-corrected chi connectivity index (χ2v) is 7.10. The maximum atomic E-state index is 12.0. The first kappa shape index (κ1) is 18.3. The van der Waals surface area contributed by atoms with E-state index in [4.69, 9.17) is 10.00 Å². The van der Waals surface area contributed by atoms with Crippen LogP contribution < -0.4 is 10.6 Å². The maximum Gasteiger partial charge on any atom is 0.407 e. The molecule has 5 nitrogen and oxygen atoms in total. The van der Waals surface area contributed by atoms with Crippen molar-refractivity contribution >= 4 is 6.09 Å². The Hall–Kier alpha value is -2.06. The molecule has 1 aliphatic rings. The Morgan fingerprint density at radius 3 is 2.71 bits per heavy atom. The van der Waals surface area contributed by atoms with Crippen LogP contribution in [0.25, 0.3) is 0 Å². The van der Waals surface area contributed by atoms with Crippen LogP contribution in [0.15, 0.2) is 24.3 Å². The van der Waals surface area contributed by atoms with Crippen molar-refractivity contribution < 1.29 is 9.53 Å². The van der Waals surface area contributed by atoms with Gasteiger partial charge in [-0.05, 0) is 70.3 Å². The van der Waals surface area contributed by atoms with E-state index in [1.807, 2.05) is 39.0 Å². The molecule has 0 atom stereocenters. The molecule has 1 fully saturated rings. The van der Waals surface area contributed by atoms with Gasteiger partial charge < -0.3 is 15.4 Å². The van der Waals surface area contributed by atoms with Gasteiger partial charge in [0, 0.05) is 12.5 Å². The summed E-state index contributed by atoms with van der Waals surface area (Å²) in [7, 11) is 0. The molecule has 1 radical (unpaired) electrons. The molecular formula is C19H26N3O2. The number of ether oxygens (including phenoxy) is 1. The Balaban J connectivity index is 2.11. The minimum absolute atomic E-state index is 0.398. The number of carbonyl (C=O) groups is 1. The maximum absolute atomic E-state index is 12.0. The summed E-state index contributed by atoms with van der Waals surface area (Å²) in [4.78, 5) is 12.0. The van der Waals surface area contributed by atoms with E-state index in [1.165, 1.54) is 5.92 Å². The Morgan fingerprint density at radius 1 is 1.38 bits per heavy atom. The van der Waals surface area contributed by atoms with Crippen molar-refractivity contribution in [2.45, 2.75) is 39.2 Å². The highest BCUT2D eigenvalue weighted by molar-refractivity contribution is 5.68. The highest BCUT2D eigenvalue weighted by Gasteiger charge is 2.27. The van der Waals surface area contributed by atoms with Crippen LogP contribution in [0.2, 0.25) is 0 Å². The topological polar surface area (TPSA) is 74.1 Å². The van der Waals surface area contributed by atoms with E-state index in [0.717, 1.165) is 31.5 Å². The second kappa shape index (κ2) is 8.16. The number of hydrogen-bond donors (Lipinski definition) is 2. The fraction of sp³-hybridized carbons (Fsp3) is 0.526. The number of nitrogens with one attached hydrogen (secondary N) is 2. The summed E-state index contributed by atoms with van der Waals surface area (Å²) in [6, 6.07) is 9.78. The first-order chi connectivity index (χ1) is 11.4. The van der Waals surface area contributed by atoms with E-state index in [9.17, 15) is 4.79 Å². The van der Waals surface area contributed by atoms with Crippen molar-refractivity contribution in [2.24, 2.45) is 5.92 Å². The predicted octanol–water partition coefficient (Wildman–Crippen LogP) is 3.01. The molecule has 129 valence electrons. The summed E-state index contributed by atoms with van der Waals surface area (Å²) in [5, 5.41) is 15.4. The molecule has 1 saturated heterocycles. The van der Waals surface area contributed by atoms with Crippen LogP contribution in [0, 0.1) is 23.2 Å². The normalized spacial score (nSPS) is 15.8. The summed E-state index contributed by atoms with van der Waals surface area (Å²) in [5.41, 5.74) is 1.15. The number of alkyl carbamates (subject to hydrolysis) is 1. The van der Waals surface area contributed by atoms with Crippen molar-refractivity contribution in [3.63, 3.8) is 0 Å². The van der Waals surface area contributed by atoms with E-state index < -0.39 is 11.7 Å². The third-order valence-electron chi connectivity index (χ3n) is 4.02. The van der Waals surface area contributed by atoms with E-state index in [1.54, 1.807) is 6.07 Å². The van der Waals surface area contributed by atoms with E-state index in [0.29, 0.717) is 18.0 Å². The molecule has 0 aromatic heterocycles. The molecule has 1 aromatic carbocycles. The monoisotopic (exact) mass is 328 g/mol. The number of piperidine rings is 1. The summed E-state index contributed by atoms with van der Waals surface area (Å²) >= 11 is 0. The Morgan fingerprint density at radius 2 is 2.08 bits per heavy atom. The van der Waals surface area contributed by atoms with Gasteiger partial charge in [0.15, 0.2) is 0 Å². The third-order valence-corrected chi connectivity index (χ3v) is 4.02. The number of carbonyl (C=O) groups excluding carboxylic acids is 1. The molecule has 0 aliphatic carbocycles. The van der Waals surface area contributed by atoms with Gasteiger partial charge in [0.25, 0.3) is 0 Å². The summed E-state index contributed by atoms with van der Waals surface area (Å²) in [6.07, 6.45) is 1.65. The summed E-state index contributed by atoms with van der Waals surface area (Å²) < 4.78 is 5.33. The minimum Gasteiger partial charge on any atom is -0.444 e. The summed E-state index contributed by atoms with van der Waals surface area (Å²) in [5.74, 6) is 1.56. The van der Waals surface area contributed by atoms with Crippen LogP contribution >= 0.6 is 0 Å². The van der Waals surface area contributed by atoms with Gasteiger partial charge in [-0.15, -0.1) is 0 Å². The number of amides is 1. The zero-order chi connectivity index (χ0) is 17.6. The standard InChI is InChI=1S/C19H26N3O2/c1-19(2,3)24-18(23)22-13-17(15-7-9-21-10-8-15)16-6-4-5-14(11-16)12-20/h4-6,11,15,21H,7-10,13H2,1-3H3,(H,22,23). The van der Waals surface area contributed by atoms with Gasteiger partial charge in [0.2, 0.25) is 0 Å². The first-order valence-corrected chi connectivity index (χ1v) is 8.43. The lowest BCUT2D eigenvalue weighted by Crippen LogP contribution is -2.39. The minimum atomic E-state index is -0.514. The van der Waals surface area contributed by atoms with Crippen molar-refractivity contribution in [1.29, 1.82) is 5.26 Å². The van der Waals surface area contributed by atoms with E-state index in [2.05, 4.69) is 16.7 Å². The zero-order valence-electron chi connectivity index (χ0n) is 14.7. The molecule has 1 aliphatic heterocycles. The van der Waals surface area contributed by atoms with Crippen LogP contribution in [0.3, 0.4) is 0 Å². The van der Waals surface area contributed by atoms with Crippen LogP contribution in [0.5, 0.6) is 0 Å². The highest BCUT2D eigenvalue weighted by atomic mass is 16.6. The van der Waals surface area contributed by atoms with E-state index >= 15 is 0 Å². The molecule has 2 N–H and O–H groups in total. The van der Waals surface area contributed by atoms with Gasteiger partial charge in [-0.3, -0.25) is 0 Å². The van der Waals surface area contributed by atoms with Crippen molar-refractivity contribution in [2.75, 3.05) is 19.6 Å². The summed E-state index contributed by atoms with van der Waals surface area (Å²) in [6.45, 7) is 7.92. The second-order valence-electron chi connectivity index (χ2n) is 7.10. The Labute approximate surface area is 144 Å². The molecule has 0 bridgehead atoms. The zero-order valence-corrected chi connectivity index (χ0v) is 14.7.